The van der Waals surface area contributed by atoms with Gasteiger partial charge in [-0.05, 0) is 18.9 Å². The van der Waals surface area contributed by atoms with Crippen LogP contribution in [0.5, 0.6) is 0 Å². The van der Waals surface area contributed by atoms with Gasteiger partial charge in [0.25, 0.3) is 5.91 Å². The number of pyridine rings is 1. The number of carbonyl (C=O) groups is 2. The van der Waals surface area contributed by atoms with Crippen LogP contribution in [0, 0.1) is 0 Å². The lowest BCUT2D eigenvalue weighted by Crippen LogP contribution is -2.49. The number of carboxylic acids is 1. The van der Waals surface area contributed by atoms with Crippen LogP contribution in [0.1, 0.15) is 29.6 Å². The fraction of sp³-hybridized carbons (Fsp3) is 0.353. The van der Waals surface area contributed by atoms with Gasteiger partial charge in [-0.15, -0.1) is 0 Å². The van der Waals surface area contributed by atoms with E-state index in [1.165, 1.54) is 6.07 Å². The molecular formula is C17H18N2O5. The molecule has 0 spiro atoms. The maximum atomic E-state index is 12.7. The van der Waals surface area contributed by atoms with Crippen LogP contribution in [0.15, 0.2) is 35.1 Å². The molecule has 24 heavy (non-hydrogen) atoms. The van der Waals surface area contributed by atoms with E-state index in [1.54, 1.807) is 24.3 Å². The topological polar surface area (TPSA) is 108 Å². The molecule has 0 bridgehead atoms. The number of rotatable bonds is 5. The highest BCUT2D eigenvalue weighted by molar-refractivity contribution is 6.06. The summed E-state index contributed by atoms with van der Waals surface area (Å²) in [6.45, 7) is 0.739. The van der Waals surface area contributed by atoms with E-state index >= 15 is 0 Å². The van der Waals surface area contributed by atoms with Gasteiger partial charge in [-0.1, -0.05) is 18.2 Å². The first-order chi connectivity index (χ1) is 11.5. The Bertz CT molecular complexity index is 836. The van der Waals surface area contributed by atoms with Crippen molar-refractivity contribution in [1.29, 1.82) is 0 Å². The lowest BCUT2D eigenvalue weighted by Gasteiger charge is -2.28. The summed E-state index contributed by atoms with van der Waals surface area (Å²) in [5, 5.41) is 12.5. The fourth-order valence-electron chi connectivity index (χ4n) is 3.01. The Morgan fingerprint density at radius 3 is 2.83 bits per heavy atom. The Morgan fingerprint density at radius 1 is 1.33 bits per heavy atom. The number of benzene rings is 1. The Labute approximate surface area is 137 Å². The second-order valence-electron chi connectivity index (χ2n) is 6.02. The smallest absolute Gasteiger partial charge is 0.303 e. The average Bonchev–Trinajstić information content (AvgIpc) is 3.01. The number of carboxylic acid groups (broad SMARTS) is 1. The molecule has 1 aliphatic heterocycles. The zero-order valence-corrected chi connectivity index (χ0v) is 13.0. The minimum absolute atomic E-state index is 0.0558. The number of amides is 1. The van der Waals surface area contributed by atoms with Crippen LogP contribution in [-0.2, 0) is 9.53 Å². The van der Waals surface area contributed by atoms with Gasteiger partial charge in [0.2, 0.25) is 5.56 Å². The van der Waals surface area contributed by atoms with Crippen LogP contribution in [0.25, 0.3) is 10.9 Å². The molecule has 1 aliphatic rings. The number of carbonyl (C=O) groups excluding carboxylic acids is 1. The zero-order chi connectivity index (χ0) is 17.2. The third kappa shape index (κ3) is 3.30. The standard InChI is InChI=1S/C17H18N2O5/c20-14-9-12(11-3-1-2-4-13(11)18-14)16(23)19-17(6-5-15(21)22)7-8-24-10-17/h1-4,9H,5-8,10H2,(H,18,20)(H,19,23)(H,21,22). The van der Waals surface area contributed by atoms with E-state index in [-0.39, 0.29) is 30.6 Å². The molecule has 3 rings (SSSR count). The third-order valence-corrected chi connectivity index (χ3v) is 4.29. The summed E-state index contributed by atoms with van der Waals surface area (Å²) in [6, 6.07) is 8.31. The fourth-order valence-corrected chi connectivity index (χ4v) is 3.01. The highest BCUT2D eigenvalue weighted by Gasteiger charge is 2.37. The van der Waals surface area contributed by atoms with Crippen LogP contribution >= 0.6 is 0 Å². The van der Waals surface area contributed by atoms with Crippen molar-refractivity contribution >= 4 is 22.8 Å². The summed E-state index contributed by atoms with van der Waals surface area (Å²) >= 11 is 0. The number of para-hydroxylation sites is 1. The summed E-state index contributed by atoms with van der Waals surface area (Å²) < 4.78 is 5.37. The number of hydrogen-bond acceptors (Lipinski definition) is 4. The van der Waals surface area contributed by atoms with Gasteiger partial charge in [-0.2, -0.15) is 0 Å². The predicted molar refractivity (Wildman–Crippen MR) is 87.1 cm³/mol. The SMILES string of the molecule is O=C(O)CCC1(NC(=O)c2cc(=O)[nH]c3ccccc23)CCOC1. The molecule has 1 unspecified atom stereocenters. The largest absolute Gasteiger partial charge is 0.481 e. The van der Waals surface area contributed by atoms with Crippen molar-refractivity contribution in [2.75, 3.05) is 13.2 Å². The third-order valence-electron chi connectivity index (χ3n) is 4.29. The molecule has 1 saturated heterocycles. The van der Waals surface area contributed by atoms with E-state index in [1.807, 2.05) is 0 Å². The van der Waals surface area contributed by atoms with Crippen LogP contribution in [0.3, 0.4) is 0 Å². The number of aliphatic carboxylic acids is 1. The molecule has 2 heterocycles. The molecule has 1 fully saturated rings. The number of hydrogen-bond donors (Lipinski definition) is 3. The molecule has 7 heteroatoms. The van der Waals surface area contributed by atoms with E-state index in [2.05, 4.69) is 10.3 Å². The van der Waals surface area contributed by atoms with E-state index in [9.17, 15) is 14.4 Å². The van der Waals surface area contributed by atoms with Crippen LogP contribution in [0.4, 0.5) is 0 Å². The summed E-state index contributed by atoms with van der Waals surface area (Å²) in [7, 11) is 0. The molecule has 7 nitrogen and oxygen atoms in total. The van der Waals surface area contributed by atoms with Gasteiger partial charge >= 0.3 is 5.97 Å². The number of ether oxygens (including phenoxy) is 1. The lowest BCUT2D eigenvalue weighted by atomic mass is 9.91. The van der Waals surface area contributed by atoms with Crippen molar-refractivity contribution in [1.82, 2.24) is 10.3 Å². The van der Waals surface area contributed by atoms with Gasteiger partial charge in [0.05, 0.1) is 17.7 Å². The minimum atomic E-state index is -0.919. The number of fused-ring (bicyclic) bond motifs is 1. The Morgan fingerprint density at radius 2 is 2.12 bits per heavy atom. The molecule has 126 valence electrons. The first kappa shape index (κ1) is 16.2. The van der Waals surface area contributed by atoms with Crippen LogP contribution < -0.4 is 10.9 Å². The summed E-state index contributed by atoms with van der Waals surface area (Å²) in [5.74, 6) is -1.31. The molecule has 0 saturated carbocycles. The highest BCUT2D eigenvalue weighted by atomic mass is 16.5. The molecule has 1 atom stereocenters. The molecule has 1 amide bonds. The number of H-pyrrole nitrogens is 1. The highest BCUT2D eigenvalue weighted by Crippen LogP contribution is 2.25. The maximum absolute atomic E-state index is 12.7. The summed E-state index contributed by atoms with van der Waals surface area (Å²) in [4.78, 5) is 38.1. The van der Waals surface area contributed by atoms with Gasteiger partial charge in [0, 0.05) is 30.0 Å². The van der Waals surface area contributed by atoms with E-state index in [0.29, 0.717) is 23.9 Å². The Kier molecular flexibility index (Phi) is 4.35. The quantitative estimate of drug-likeness (QED) is 0.765. The Hall–Kier alpha value is -2.67. The molecule has 3 N–H and O–H groups in total. The van der Waals surface area contributed by atoms with Gasteiger partial charge < -0.3 is 20.1 Å². The Balaban J connectivity index is 1.91. The normalized spacial score (nSPS) is 20.2. The zero-order valence-electron chi connectivity index (χ0n) is 13.0. The van der Waals surface area contributed by atoms with Crippen molar-refractivity contribution in [2.24, 2.45) is 0 Å². The van der Waals surface area contributed by atoms with E-state index in [0.717, 1.165) is 0 Å². The predicted octanol–water partition coefficient (Wildman–Crippen LogP) is 1.28. The van der Waals surface area contributed by atoms with Gasteiger partial charge in [-0.25, -0.2) is 0 Å². The summed E-state index contributed by atoms with van der Waals surface area (Å²) in [6.07, 6.45) is 0.780. The van der Waals surface area contributed by atoms with Crippen molar-refractivity contribution in [3.63, 3.8) is 0 Å². The first-order valence-electron chi connectivity index (χ1n) is 7.73. The van der Waals surface area contributed by atoms with Crippen LogP contribution in [-0.4, -0.2) is 40.7 Å². The van der Waals surface area contributed by atoms with Crippen molar-refractivity contribution in [3.8, 4) is 0 Å². The van der Waals surface area contributed by atoms with Crippen molar-refractivity contribution in [2.45, 2.75) is 24.8 Å². The molecule has 0 aliphatic carbocycles. The molecule has 1 aromatic carbocycles. The molecule has 1 aromatic heterocycles. The average molecular weight is 330 g/mol. The second kappa shape index (κ2) is 6.45. The first-order valence-corrected chi connectivity index (χ1v) is 7.73. The minimum Gasteiger partial charge on any atom is -0.481 e. The van der Waals surface area contributed by atoms with Crippen molar-refractivity contribution in [3.05, 3.63) is 46.2 Å². The van der Waals surface area contributed by atoms with Crippen molar-refractivity contribution < 1.29 is 19.4 Å². The number of aromatic nitrogens is 1. The lowest BCUT2D eigenvalue weighted by molar-refractivity contribution is -0.137. The number of aromatic amines is 1. The molecule has 0 radical (unpaired) electrons. The molecular weight excluding hydrogens is 312 g/mol. The van der Waals surface area contributed by atoms with Gasteiger partial charge in [0.1, 0.15) is 0 Å². The van der Waals surface area contributed by atoms with Crippen LogP contribution in [0.2, 0.25) is 0 Å². The second-order valence-corrected chi connectivity index (χ2v) is 6.02. The van der Waals surface area contributed by atoms with Gasteiger partial charge in [-0.3, -0.25) is 14.4 Å². The van der Waals surface area contributed by atoms with E-state index < -0.39 is 17.4 Å². The molecule has 2 aromatic rings. The monoisotopic (exact) mass is 330 g/mol. The maximum Gasteiger partial charge on any atom is 0.303 e. The van der Waals surface area contributed by atoms with Gasteiger partial charge in [0.15, 0.2) is 0 Å². The summed E-state index contributed by atoms with van der Waals surface area (Å²) in [5.41, 5.74) is -0.214. The van der Waals surface area contributed by atoms with E-state index in [4.69, 9.17) is 9.84 Å². The number of nitrogens with one attached hydrogen (secondary N) is 2.